The molecule has 3 heteroatoms. The molecule has 0 bridgehead atoms. The number of aromatic amines is 1. The summed E-state index contributed by atoms with van der Waals surface area (Å²) in [5, 5.41) is 9.41. The minimum absolute atomic E-state index is 0.354. The van der Waals surface area contributed by atoms with Crippen molar-refractivity contribution in [2.75, 3.05) is 0 Å². The van der Waals surface area contributed by atoms with Gasteiger partial charge in [-0.2, -0.15) is 0 Å². The molecule has 0 saturated heterocycles. The van der Waals surface area contributed by atoms with Gasteiger partial charge in [-0.15, -0.1) is 0 Å². The van der Waals surface area contributed by atoms with E-state index in [1.807, 2.05) is 25.3 Å². The van der Waals surface area contributed by atoms with Crippen LogP contribution in [0.5, 0.6) is 5.75 Å². The predicted molar refractivity (Wildman–Crippen MR) is 250 cm³/mol. The quantitative estimate of drug-likeness (QED) is 0.165. The molecule has 0 aliphatic heterocycles. The number of benzene rings is 4. The molecule has 0 amide bonds. The topological polar surface area (TPSA) is 48.9 Å². The van der Waals surface area contributed by atoms with E-state index in [1.165, 1.54) is 63.9 Å². The van der Waals surface area contributed by atoms with E-state index in [9.17, 15) is 5.11 Å². The SMILES string of the molecule is CC(C)(C)CC1=CCc2ccccc21.CC(C)(C)Cc1cnc[nH]1.CC(C)Cc1ccccc1.Cc1ccc(CC(C)C)cc1.Cc1ccc(CC(C)C)cc1O. The lowest BCUT2D eigenvalue weighted by Crippen LogP contribution is -2.09. The molecular formula is C54H78N2O. The van der Waals surface area contributed by atoms with Crippen LogP contribution in [0.1, 0.15) is 134 Å². The number of hydrogen-bond acceptors (Lipinski definition) is 2. The number of imidazole rings is 1. The number of nitrogens with zero attached hydrogens (tertiary/aromatic N) is 1. The van der Waals surface area contributed by atoms with Crippen molar-refractivity contribution in [3.8, 4) is 5.75 Å². The monoisotopic (exact) mass is 771 g/mol. The molecule has 0 fully saturated rings. The van der Waals surface area contributed by atoms with E-state index in [0.29, 0.717) is 22.5 Å². The number of nitrogens with one attached hydrogen (secondary N) is 1. The highest BCUT2D eigenvalue weighted by Crippen LogP contribution is 2.36. The van der Waals surface area contributed by atoms with Crippen LogP contribution in [0.4, 0.5) is 0 Å². The molecule has 4 aromatic carbocycles. The third kappa shape index (κ3) is 22.2. The lowest BCUT2D eigenvalue weighted by atomic mass is 9.86. The fraction of sp³-hybridized carbons (Fsp3) is 0.463. The number of phenols is 1. The van der Waals surface area contributed by atoms with E-state index >= 15 is 0 Å². The van der Waals surface area contributed by atoms with E-state index in [0.717, 1.165) is 36.7 Å². The molecule has 5 aromatic rings. The summed E-state index contributed by atoms with van der Waals surface area (Å²) in [6.07, 6.45) is 12.8. The van der Waals surface area contributed by atoms with E-state index in [4.69, 9.17) is 0 Å². The minimum atomic E-state index is 0.354. The van der Waals surface area contributed by atoms with Gasteiger partial charge in [0.15, 0.2) is 0 Å². The zero-order chi connectivity index (χ0) is 42.6. The summed E-state index contributed by atoms with van der Waals surface area (Å²) in [7, 11) is 0. The van der Waals surface area contributed by atoms with Crippen LogP contribution in [-0.4, -0.2) is 15.1 Å². The van der Waals surface area contributed by atoms with Crippen LogP contribution in [0.25, 0.3) is 5.57 Å². The number of aromatic nitrogens is 2. The van der Waals surface area contributed by atoms with Crippen LogP contribution in [-0.2, 0) is 32.1 Å². The lowest BCUT2D eigenvalue weighted by molar-refractivity contribution is 0.407. The number of phenolic OH excluding ortho intramolecular Hbond substituents is 1. The minimum Gasteiger partial charge on any atom is -0.508 e. The molecule has 0 atom stereocenters. The Bertz CT molecular complexity index is 1830. The summed E-state index contributed by atoms with van der Waals surface area (Å²) < 4.78 is 0. The highest BCUT2D eigenvalue weighted by atomic mass is 16.3. The summed E-state index contributed by atoms with van der Waals surface area (Å²) in [5.41, 5.74) is 12.9. The third-order valence-corrected chi connectivity index (χ3v) is 9.10. The van der Waals surface area contributed by atoms with E-state index < -0.39 is 0 Å². The fourth-order valence-electron chi connectivity index (χ4n) is 6.58. The standard InChI is InChI=1S/C14H18.C11H16O.C11H16.C10H14.C8H14N2/c1-14(2,3)10-12-9-8-11-6-4-5-7-13(11)12;1-8(2)6-10-5-4-9(3)11(12)7-10;1-9(2)8-11-6-4-10(3)5-7-11;1-9(2)8-10-6-4-3-5-7-10;1-8(2,3)4-7-5-9-6-10-7/h4-7,9H,8,10H2,1-3H3;4-5,7-8,12H,6H2,1-3H3;4-7,9H,8H2,1-3H3;3-7,9H,8H2,1-2H3;5-6H,4H2,1-3H3,(H,9,10). The summed E-state index contributed by atoms with van der Waals surface area (Å²) >= 11 is 0. The highest BCUT2D eigenvalue weighted by molar-refractivity contribution is 5.73. The number of hydrogen-bond donors (Lipinski definition) is 2. The molecule has 1 aliphatic rings. The molecule has 0 radical (unpaired) electrons. The van der Waals surface area contributed by atoms with Gasteiger partial charge in [0.1, 0.15) is 5.75 Å². The molecule has 57 heavy (non-hydrogen) atoms. The first-order valence-corrected chi connectivity index (χ1v) is 21.3. The summed E-state index contributed by atoms with van der Waals surface area (Å²) in [4.78, 5) is 7.03. The normalized spacial score (nSPS) is 11.9. The Balaban J connectivity index is 0.000000247. The van der Waals surface area contributed by atoms with Crippen molar-refractivity contribution in [2.24, 2.45) is 28.6 Å². The summed E-state index contributed by atoms with van der Waals surface area (Å²) in [6, 6.07) is 34.1. The molecule has 0 spiro atoms. The van der Waals surface area contributed by atoms with Crippen molar-refractivity contribution in [2.45, 2.75) is 135 Å². The van der Waals surface area contributed by atoms with Gasteiger partial charge in [-0.25, -0.2) is 4.98 Å². The smallest absolute Gasteiger partial charge is 0.118 e. The maximum Gasteiger partial charge on any atom is 0.118 e. The molecule has 310 valence electrons. The third-order valence-electron chi connectivity index (χ3n) is 9.10. The van der Waals surface area contributed by atoms with E-state index in [-0.39, 0.29) is 0 Å². The average Bonchev–Trinajstić information content (AvgIpc) is 3.77. The Labute approximate surface area is 349 Å². The zero-order valence-corrected chi connectivity index (χ0v) is 38.3. The second-order valence-electron chi connectivity index (χ2n) is 19.5. The van der Waals surface area contributed by atoms with Crippen molar-refractivity contribution in [1.29, 1.82) is 0 Å². The first-order valence-electron chi connectivity index (χ1n) is 21.3. The second-order valence-corrected chi connectivity index (χ2v) is 19.5. The van der Waals surface area contributed by atoms with Gasteiger partial charge in [0.25, 0.3) is 0 Å². The molecule has 1 aliphatic carbocycles. The highest BCUT2D eigenvalue weighted by Gasteiger charge is 2.19. The van der Waals surface area contributed by atoms with Crippen molar-refractivity contribution in [1.82, 2.24) is 9.97 Å². The molecular weight excluding hydrogens is 693 g/mol. The van der Waals surface area contributed by atoms with Crippen LogP contribution in [0, 0.1) is 42.4 Å². The summed E-state index contributed by atoms with van der Waals surface area (Å²) in [6.45, 7) is 30.9. The van der Waals surface area contributed by atoms with Crippen LogP contribution in [0.15, 0.2) is 116 Å². The number of allylic oxidation sites excluding steroid dienone is 2. The van der Waals surface area contributed by atoms with Gasteiger partial charge in [0.2, 0.25) is 0 Å². The Morgan fingerprint density at radius 3 is 1.63 bits per heavy atom. The van der Waals surface area contributed by atoms with Gasteiger partial charge >= 0.3 is 0 Å². The number of fused-ring (bicyclic) bond motifs is 1. The molecule has 0 saturated carbocycles. The van der Waals surface area contributed by atoms with Gasteiger partial charge in [-0.05, 0) is 126 Å². The van der Waals surface area contributed by atoms with Gasteiger partial charge in [0.05, 0.1) is 6.33 Å². The van der Waals surface area contributed by atoms with Crippen LogP contribution < -0.4 is 0 Å². The second kappa shape index (κ2) is 24.4. The molecule has 1 aromatic heterocycles. The number of aryl methyl sites for hydroxylation is 2. The van der Waals surface area contributed by atoms with Gasteiger partial charge < -0.3 is 10.1 Å². The predicted octanol–water partition coefficient (Wildman–Crippen LogP) is 15.0. The van der Waals surface area contributed by atoms with Gasteiger partial charge in [0, 0.05) is 11.9 Å². The van der Waals surface area contributed by atoms with E-state index in [2.05, 4.69) is 191 Å². The Hall–Kier alpha value is -4.37. The van der Waals surface area contributed by atoms with Crippen LogP contribution in [0.3, 0.4) is 0 Å². The van der Waals surface area contributed by atoms with Crippen LogP contribution >= 0.6 is 0 Å². The number of H-pyrrole nitrogens is 1. The molecule has 0 unspecified atom stereocenters. The maximum absolute atomic E-state index is 9.41. The average molecular weight is 771 g/mol. The maximum atomic E-state index is 9.41. The molecule has 1 heterocycles. The van der Waals surface area contributed by atoms with E-state index in [1.54, 1.807) is 6.33 Å². The molecule has 6 rings (SSSR count). The first-order chi connectivity index (χ1) is 26.7. The Morgan fingerprint density at radius 1 is 0.614 bits per heavy atom. The Morgan fingerprint density at radius 2 is 1.12 bits per heavy atom. The molecule has 2 N–H and O–H groups in total. The van der Waals surface area contributed by atoms with Crippen LogP contribution in [0.2, 0.25) is 0 Å². The van der Waals surface area contributed by atoms with Crippen molar-refractivity contribution in [3.05, 3.63) is 160 Å². The van der Waals surface area contributed by atoms with Crippen molar-refractivity contribution >= 4 is 5.57 Å². The lowest BCUT2D eigenvalue weighted by Gasteiger charge is -2.19. The number of rotatable bonds is 8. The largest absolute Gasteiger partial charge is 0.508 e. The number of aromatic hydroxyl groups is 1. The van der Waals surface area contributed by atoms with Crippen molar-refractivity contribution < 1.29 is 5.11 Å². The van der Waals surface area contributed by atoms with Gasteiger partial charge in [-0.1, -0.05) is 186 Å². The van der Waals surface area contributed by atoms with Gasteiger partial charge in [-0.3, -0.25) is 0 Å². The van der Waals surface area contributed by atoms with Crippen molar-refractivity contribution in [3.63, 3.8) is 0 Å². The molecule has 3 nitrogen and oxygen atoms in total. The Kier molecular flexibility index (Phi) is 20.9. The summed E-state index contributed by atoms with van der Waals surface area (Å²) in [5.74, 6) is 2.58. The fourth-order valence-corrected chi connectivity index (χ4v) is 6.58. The zero-order valence-electron chi connectivity index (χ0n) is 38.3. The first kappa shape index (κ1) is 48.8.